The topological polar surface area (TPSA) is 76.1 Å². The molecule has 33 heavy (non-hydrogen) atoms. The molecule has 2 atom stereocenters. The molecule has 0 spiro atoms. The number of nitrogens with zero attached hydrogens (tertiary/aromatic N) is 3. The second-order valence-corrected chi connectivity index (χ2v) is 9.86. The summed E-state index contributed by atoms with van der Waals surface area (Å²) in [7, 11) is 0. The molecule has 2 fully saturated rings. The smallest absolute Gasteiger partial charge is 0.271 e. The van der Waals surface area contributed by atoms with E-state index in [1.165, 1.54) is 0 Å². The molecule has 180 valence electrons. The molecule has 3 heterocycles. The Hall–Kier alpha value is -2.09. The predicted molar refractivity (Wildman–Crippen MR) is 128 cm³/mol. The van der Waals surface area contributed by atoms with Gasteiger partial charge < -0.3 is 14.9 Å². The standard InChI is InChI=1S/C25H35ClN4O3/c1-2-3-4-5-21-15-29(16-24(32)28-12-10-18(17-31)11-13-28)25(33)23-14-22(27-30(21)23)19-6-8-20(26)9-7-19/h6-9,14,18,21-22,27,31H,2-5,10-13,15-17H2,1H3. The number of aliphatic hydroxyl groups excluding tert-OH is 1. The largest absolute Gasteiger partial charge is 0.396 e. The minimum Gasteiger partial charge on any atom is -0.396 e. The van der Waals surface area contributed by atoms with E-state index in [0.717, 1.165) is 44.1 Å². The molecule has 2 saturated heterocycles. The highest BCUT2D eigenvalue weighted by molar-refractivity contribution is 6.30. The van der Waals surface area contributed by atoms with Crippen LogP contribution in [0.5, 0.6) is 0 Å². The average molecular weight is 475 g/mol. The molecule has 8 heteroatoms. The monoisotopic (exact) mass is 474 g/mol. The van der Waals surface area contributed by atoms with Crippen LogP contribution in [-0.2, 0) is 9.59 Å². The zero-order valence-corrected chi connectivity index (χ0v) is 20.1. The minimum absolute atomic E-state index is 0.00121. The minimum atomic E-state index is -0.0944. The third kappa shape index (κ3) is 5.53. The van der Waals surface area contributed by atoms with E-state index in [1.807, 2.05) is 40.3 Å². The van der Waals surface area contributed by atoms with Gasteiger partial charge in [0.1, 0.15) is 12.2 Å². The third-order valence-corrected chi connectivity index (χ3v) is 7.34. The van der Waals surface area contributed by atoms with E-state index in [-0.39, 0.29) is 43.0 Å². The average Bonchev–Trinajstić information content (AvgIpc) is 3.28. The summed E-state index contributed by atoms with van der Waals surface area (Å²) >= 11 is 6.05. The molecule has 0 bridgehead atoms. The molecule has 0 saturated carbocycles. The van der Waals surface area contributed by atoms with Gasteiger partial charge in [0.15, 0.2) is 0 Å². The van der Waals surface area contributed by atoms with Gasteiger partial charge in [0.2, 0.25) is 5.91 Å². The first-order valence-electron chi connectivity index (χ1n) is 12.2. The van der Waals surface area contributed by atoms with Crippen molar-refractivity contribution in [3.63, 3.8) is 0 Å². The van der Waals surface area contributed by atoms with Crippen molar-refractivity contribution in [1.82, 2.24) is 20.2 Å². The number of hydrogen-bond donors (Lipinski definition) is 2. The van der Waals surface area contributed by atoms with Crippen LogP contribution in [0, 0.1) is 5.92 Å². The Kier molecular flexibility index (Phi) is 7.94. The number of hydrazine groups is 1. The zero-order chi connectivity index (χ0) is 23.4. The van der Waals surface area contributed by atoms with Crippen LogP contribution in [0.2, 0.25) is 5.02 Å². The molecule has 1 aromatic rings. The van der Waals surface area contributed by atoms with Gasteiger partial charge in [0.05, 0.1) is 12.1 Å². The number of benzene rings is 1. The number of nitrogens with one attached hydrogen (secondary N) is 1. The molecule has 4 rings (SSSR count). The number of fused-ring (bicyclic) bond motifs is 1. The van der Waals surface area contributed by atoms with Gasteiger partial charge in [-0.15, -0.1) is 0 Å². The highest BCUT2D eigenvalue weighted by Gasteiger charge is 2.41. The van der Waals surface area contributed by atoms with Crippen LogP contribution in [0.25, 0.3) is 0 Å². The van der Waals surface area contributed by atoms with Crippen molar-refractivity contribution >= 4 is 23.4 Å². The zero-order valence-electron chi connectivity index (χ0n) is 19.4. The number of piperidine rings is 1. The van der Waals surface area contributed by atoms with Gasteiger partial charge in [0, 0.05) is 31.3 Å². The lowest BCUT2D eigenvalue weighted by Gasteiger charge is -2.42. The van der Waals surface area contributed by atoms with E-state index < -0.39 is 0 Å². The summed E-state index contributed by atoms with van der Waals surface area (Å²) in [5, 5.41) is 12.1. The van der Waals surface area contributed by atoms with Crippen molar-refractivity contribution in [1.29, 1.82) is 0 Å². The summed E-state index contributed by atoms with van der Waals surface area (Å²) in [4.78, 5) is 29.9. The summed E-state index contributed by atoms with van der Waals surface area (Å²) in [6, 6.07) is 7.71. The van der Waals surface area contributed by atoms with Gasteiger partial charge in [0.25, 0.3) is 5.91 Å². The number of halogens is 1. The van der Waals surface area contributed by atoms with Crippen molar-refractivity contribution in [3.8, 4) is 0 Å². The Balaban J connectivity index is 1.48. The van der Waals surface area contributed by atoms with Crippen LogP contribution in [-0.4, -0.2) is 70.6 Å². The van der Waals surface area contributed by atoms with Gasteiger partial charge >= 0.3 is 0 Å². The fourth-order valence-corrected chi connectivity index (χ4v) is 5.13. The Bertz CT molecular complexity index is 867. The number of hydrogen-bond acceptors (Lipinski definition) is 5. The Morgan fingerprint density at radius 3 is 2.58 bits per heavy atom. The first-order valence-corrected chi connectivity index (χ1v) is 12.6. The van der Waals surface area contributed by atoms with Crippen LogP contribution >= 0.6 is 11.6 Å². The lowest BCUT2D eigenvalue weighted by atomic mass is 9.98. The normalized spacial score (nSPS) is 23.7. The van der Waals surface area contributed by atoms with Crippen LogP contribution in [0.1, 0.15) is 57.1 Å². The molecule has 0 aliphatic carbocycles. The van der Waals surface area contributed by atoms with E-state index in [2.05, 4.69) is 12.3 Å². The molecule has 2 unspecified atom stereocenters. The fraction of sp³-hybridized carbons (Fsp3) is 0.600. The summed E-state index contributed by atoms with van der Waals surface area (Å²) in [5.74, 6) is 0.187. The SMILES string of the molecule is CCCCCC1CN(CC(=O)N2CCC(CO)CC2)C(=O)C2=CC(c3ccc(Cl)cc3)NN21. The van der Waals surface area contributed by atoms with E-state index in [0.29, 0.717) is 30.4 Å². The Morgan fingerprint density at radius 2 is 1.91 bits per heavy atom. The number of amides is 2. The Labute approximate surface area is 201 Å². The third-order valence-electron chi connectivity index (χ3n) is 7.09. The van der Waals surface area contributed by atoms with Crippen molar-refractivity contribution in [2.75, 3.05) is 32.8 Å². The number of rotatable bonds is 8. The van der Waals surface area contributed by atoms with Gasteiger partial charge in [-0.3, -0.25) is 14.6 Å². The summed E-state index contributed by atoms with van der Waals surface area (Å²) < 4.78 is 0. The molecule has 7 nitrogen and oxygen atoms in total. The summed E-state index contributed by atoms with van der Waals surface area (Å²) in [5.41, 5.74) is 5.20. The van der Waals surface area contributed by atoms with Gasteiger partial charge in [-0.25, -0.2) is 5.43 Å². The number of carbonyl (C=O) groups is 2. The number of aliphatic hydroxyl groups is 1. The van der Waals surface area contributed by atoms with Gasteiger partial charge in [-0.05, 0) is 49.0 Å². The van der Waals surface area contributed by atoms with E-state index in [9.17, 15) is 14.7 Å². The molecular formula is C25H35ClN4O3. The molecule has 0 radical (unpaired) electrons. The fourth-order valence-electron chi connectivity index (χ4n) is 5.01. The lowest BCUT2D eigenvalue weighted by Crippen LogP contribution is -2.58. The second kappa shape index (κ2) is 10.9. The molecule has 2 amide bonds. The summed E-state index contributed by atoms with van der Waals surface area (Å²) in [6.45, 7) is 4.33. The highest BCUT2D eigenvalue weighted by Crippen LogP contribution is 2.32. The highest BCUT2D eigenvalue weighted by atomic mass is 35.5. The second-order valence-electron chi connectivity index (χ2n) is 9.42. The molecule has 1 aromatic carbocycles. The first-order chi connectivity index (χ1) is 16.0. The maximum absolute atomic E-state index is 13.4. The maximum atomic E-state index is 13.4. The Morgan fingerprint density at radius 1 is 1.18 bits per heavy atom. The molecule has 2 N–H and O–H groups in total. The van der Waals surface area contributed by atoms with Crippen molar-refractivity contribution in [2.24, 2.45) is 5.92 Å². The lowest BCUT2D eigenvalue weighted by molar-refractivity contribution is -0.143. The van der Waals surface area contributed by atoms with Crippen molar-refractivity contribution in [2.45, 2.75) is 57.5 Å². The van der Waals surface area contributed by atoms with E-state index in [4.69, 9.17) is 11.6 Å². The van der Waals surface area contributed by atoms with Crippen LogP contribution in [0.3, 0.4) is 0 Å². The van der Waals surface area contributed by atoms with Gasteiger partial charge in [-0.1, -0.05) is 49.9 Å². The number of piperazine rings is 1. The number of likely N-dealkylation sites (tertiary alicyclic amines) is 1. The molecule has 3 aliphatic rings. The van der Waals surface area contributed by atoms with E-state index >= 15 is 0 Å². The molecule has 3 aliphatic heterocycles. The maximum Gasteiger partial charge on any atom is 0.271 e. The summed E-state index contributed by atoms with van der Waals surface area (Å²) in [6.07, 6.45) is 7.96. The van der Waals surface area contributed by atoms with Crippen molar-refractivity contribution < 1.29 is 14.7 Å². The number of carbonyl (C=O) groups excluding carboxylic acids is 2. The predicted octanol–water partition coefficient (Wildman–Crippen LogP) is 3.11. The van der Waals surface area contributed by atoms with Gasteiger partial charge in [-0.2, -0.15) is 0 Å². The van der Waals surface area contributed by atoms with Crippen LogP contribution < -0.4 is 5.43 Å². The molecular weight excluding hydrogens is 440 g/mol. The number of unbranched alkanes of at least 4 members (excludes halogenated alkanes) is 2. The quantitative estimate of drug-likeness (QED) is 0.566. The van der Waals surface area contributed by atoms with E-state index in [1.54, 1.807) is 4.90 Å². The van der Waals surface area contributed by atoms with Crippen LogP contribution in [0.4, 0.5) is 0 Å². The first kappa shape index (κ1) is 24.0. The van der Waals surface area contributed by atoms with Crippen LogP contribution in [0.15, 0.2) is 36.0 Å². The molecule has 0 aromatic heterocycles. The van der Waals surface area contributed by atoms with Crippen molar-refractivity contribution in [3.05, 3.63) is 46.6 Å².